The molecule has 1 aromatic carbocycles. The smallest absolute Gasteiger partial charge is 0.258 e. The SMILES string of the molecule is c1n[nH]c(-c2noc(-c3ccc4nccnc4c3)n2)n1. The number of hydrogen-bond acceptors (Lipinski definition) is 7. The highest BCUT2D eigenvalue weighted by Crippen LogP contribution is 2.22. The van der Waals surface area contributed by atoms with Crippen molar-refractivity contribution in [3.8, 4) is 23.1 Å². The first-order chi connectivity index (χ1) is 9.90. The monoisotopic (exact) mass is 265 g/mol. The van der Waals surface area contributed by atoms with Crippen LogP contribution in [-0.2, 0) is 0 Å². The Bertz CT molecular complexity index is 868. The van der Waals surface area contributed by atoms with Crippen LogP contribution >= 0.6 is 0 Å². The summed E-state index contributed by atoms with van der Waals surface area (Å²) >= 11 is 0. The Morgan fingerprint density at radius 1 is 1.00 bits per heavy atom. The number of rotatable bonds is 2. The van der Waals surface area contributed by atoms with Crippen LogP contribution in [0.5, 0.6) is 0 Å². The second-order valence-electron chi connectivity index (χ2n) is 4.02. The van der Waals surface area contributed by atoms with Gasteiger partial charge in [-0.15, -0.1) is 0 Å². The van der Waals surface area contributed by atoms with Gasteiger partial charge in [-0.1, -0.05) is 5.16 Å². The van der Waals surface area contributed by atoms with Gasteiger partial charge < -0.3 is 4.52 Å². The Balaban J connectivity index is 1.79. The zero-order chi connectivity index (χ0) is 13.4. The van der Waals surface area contributed by atoms with Crippen molar-refractivity contribution in [3.63, 3.8) is 0 Å². The van der Waals surface area contributed by atoms with E-state index in [1.807, 2.05) is 18.2 Å². The Morgan fingerprint density at radius 3 is 2.75 bits per heavy atom. The summed E-state index contributed by atoms with van der Waals surface area (Å²) in [5, 5.41) is 10.3. The summed E-state index contributed by atoms with van der Waals surface area (Å²) in [4.78, 5) is 16.7. The van der Waals surface area contributed by atoms with Crippen LogP contribution in [0.3, 0.4) is 0 Å². The van der Waals surface area contributed by atoms with Gasteiger partial charge in [0.1, 0.15) is 6.33 Å². The summed E-state index contributed by atoms with van der Waals surface area (Å²) in [6, 6.07) is 5.56. The van der Waals surface area contributed by atoms with Crippen LogP contribution in [0.2, 0.25) is 0 Å². The lowest BCUT2D eigenvalue weighted by Gasteiger charge is -1.97. The molecule has 3 heterocycles. The van der Waals surface area contributed by atoms with Crippen LogP contribution in [0.4, 0.5) is 0 Å². The highest BCUT2D eigenvalue weighted by atomic mass is 16.5. The van der Waals surface area contributed by atoms with Crippen molar-refractivity contribution in [2.75, 3.05) is 0 Å². The lowest BCUT2D eigenvalue weighted by molar-refractivity contribution is 0.432. The number of hydrogen-bond donors (Lipinski definition) is 1. The van der Waals surface area contributed by atoms with E-state index in [0.29, 0.717) is 17.5 Å². The van der Waals surface area contributed by atoms with Gasteiger partial charge in [-0.3, -0.25) is 15.1 Å². The zero-order valence-corrected chi connectivity index (χ0v) is 10.1. The number of fused-ring (bicyclic) bond motifs is 1. The molecule has 0 atom stereocenters. The molecule has 0 bridgehead atoms. The first-order valence-corrected chi connectivity index (χ1v) is 5.81. The largest absolute Gasteiger partial charge is 0.333 e. The summed E-state index contributed by atoms with van der Waals surface area (Å²) in [7, 11) is 0. The van der Waals surface area contributed by atoms with E-state index in [1.54, 1.807) is 12.4 Å². The summed E-state index contributed by atoms with van der Waals surface area (Å²) in [6.07, 6.45) is 4.67. The maximum absolute atomic E-state index is 5.23. The van der Waals surface area contributed by atoms with E-state index < -0.39 is 0 Å². The number of H-pyrrole nitrogens is 1. The Hall–Kier alpha value is -3.16. The molecule has 0 aliphatic heterocycles. The van der Waals surface area contributed by atoms with Crippen LogP contribution in [0, 0.1) is 0 Å². The van der Waals surface area contributed by atoms with Gasteiger partial charge in [-0.25, -0.2) is 4.98 Å². The van der Waals surface area contributed by atoms with Crippen LogP contribution in [0.25, 0.3) is 34.1 Å². The third kappa shape index (κ3) is 1.70. The highest BCUT2D eigenvalue weighted by Gasteiger charge is 2.13. The molecular formula is C12H7N7O. The maximum Gasteiger partial charge on any atom is 0.258 e. The van der Waals surface area contributed by atoms with Gasteiger partial charge in [-0.2, -0.15) is 10.1 Å². The molecule has 0 unspecified atom stereocenters. The fourth-order valence-corrected chi connectivity index (χ4v) is 1.85. The highest BCUT2D eigenvalue weighted by molar-refractivity contribution is 5.79. The molecule has 4 aromatic rings. The van der Waals surface area contributed by atoms with Gasteiger partial charge in [0.25, 0.3) is 5.89 Å². The summed E-state index contributed by atoms with van der Waals surface area (Å²) in [5.74, 6) is 1.21. The molecule has 0 aliphatic rings. The minimum absolute atomic E-state index is 0.358. The number of aromatic nitrogens is 7. The van der Waals surface area contributed by atoms with Crippen molar-refractivity contribution in [2.45, 2.75) is 0 Å². The minimum atomic E-state index is 0.358. The Kier molecular flexibility index (Phi) is 2.25. The topological polar surface area (TPSA) is 106 Å². The van der Waals surface area contributed by atoms with Crippen molar-refractivity contribution in [2.24, 2.45) is 0 Å². The standard InChI is InChI=1S/C12H7N7O/c1-2-8-9(14-4-3-13-8)5-7(1)12-17-11(19-20-12)10-15-6-16-18-10/h1-6H,(H,15,16,18). The zero-order valence-electron chi connectivity index (χ0n) is 10.1. The number of nitrogens with one attached hydrogen (secondary N) is 1. The van der Waals surface area contributed by atoms with E-state index in [1.165, 1.54) is 6.33 Å². The summed E-state index contributed by atoms with van der Waals surface area (Å²) < 4.78 is 5.23. The second kappa shape index (κ2) is 4.19. The van der Waals surface area contributed by atoms with Crippen LogP contribution < -0.4 is 0 Å². The molecule has 0 fully saturated rings. The van der Waals surface area contributed by atoms with Crippen LogP contribution in [0.1, 0.15) is 0 Å². The molecule has 8 nitrogen and oxygen atoms in total. The number of nitrogens with zero attached hydrogens (tertiary/aromatic N) is 6. The van der Waals surface area contributed by atoms with E-state index in [0.717, 1.165) is 16.6 Å². The van der Waals surface area contributed by atoms with E-state index in [2.05, 4.69) is 35.3 Å². The van der Waals surface area contributed by atoms with Gasteiger partial charge >= 0.3 is 0 Å². The molecule has 1 N–H and O–H groups in total. The number of benzene rings is 1. The minimum Gasteiger partial charge on any atom is -0.333 e. The molecular weight excluding hydrogens is 258 g/mol. The molecule has 4 rings (SSSR count). The average Bonchev–Trinajstić information content (AvgIpc) is 3.17. The summed E-state index contributed by atoms with van der Waals surface area (Å²) in [5.41, 5.74) is 2.35. The molecule has 0 aliphatic carbocycles. The first kappa shape index (κ1) is 10.7. The molecule has 0 saturated heterocycles. The molecule has 0 radical (unpaired) electrons. The van der Waals surface area contributed by atoms with E-state index in [4.69, 9.17) is 4.52 Å². The van der Waals surface area contributed by atoms with Gasteiger partial charge in [0, 0.05) is 18.0 Å². The van der Waals surface area contributed by atoms with Crippen molar-refractivity contribution < 1.29 is 4.52 Å². The number of aromatic amines is 1. The van der Waals surface area contributed by atoms with Crippen molar-refractivity contribution in [3.05, 3.63) is 36.9 Å². The molecule has 0 saturated carbocycles. The molecule has 0 spiro atoms. The molecule has 3 aromatic heterocycles. The predicted molar refractivity (Wildman–Crippen MR) is 68.2 cm³/mol. The Labute approximate surface area is 111 Å². The third-order valence-electron chi connectivity index (χ3n) is 2.77. The first-order valence-electron chi connectivity index (χ1n) is 5.81. The lowest BCUT2D eigenvalue weighted by Crippen LogP contribution is -1.85. The second-order valence-corrected chi connectivity index (χ2v) is 4.02. The maximum atomic E-state index is 5.23. The van der Waals surface area contributed by atoms with E-state index >= 15 is 0 Å². The van der Waals surface area contributed by atoms with Crippen LogP contribution in [0.15, 0.2) is 41.4 Å². The van der Waals surface area contributed by atoms with Gasteiger partial charge in [0.05, 0.1) is 11.0 Å². The third-order valence-corrected chi connectivity index (χ3v) is 2.77. The normalized spacial score (nSPS) is 11.0. The summed E-state index contributed by atoms with van der Waals surface area (Å²) in [6.45, 7) is 0. The molecule has 0 amide bonds. The van der Waals surface area contributed by atoms with Gasteiger partial charge in [0.2, 0.25) is 5.82 Å². The fourth-order valence-electron chi connectivity index (χ4n) is 1.85. The van der Waals surface area contributed by atoms with Crippen molar-refractivity contribution >= 4 is 11.0 Å². The molecule has 96 valence electrons. The predicted octanol–water partition coefficient (Wildman–Crippen LogP) is 1.46. The van der Waals surface area contributed by atoms with Gasteiger partial charge in [0.15, 0.2) is 5.82 Å². The van der Waals surface area contributed by atoms with Crippen LogP contribution in [-0.4, -0.2) is 35.3 Å². The van der Waals surface area contributed by atoms with Crippen molar-refractivity contribution in [1.29, 1.82) is 0 Å². The molecule has 8 heteroatoms. The van der Waals surface area contributed by atoms with Crippen molar-refractivity contribution in [1.82, 2.24) is 35.3 Å². The van der Waals surface area contributed by atoms with Gasteiger partial charge in [-0.05, 0) is 18.2 Å². The fraction of sp³-hybridized carbons (Fsp3) is 0. The van der Waals surface area contributed by atoms with E-state index in [-0.39, 0.29) is 0 Å². The van der Waals surface area contributed by atoms with E-state index in [9.17, 15) is 0 Å². The average molecular weight is 265 g/mol. The lowest BCUT2D eigenvalue weighted by atomic mass is 10.2. The Morgan fingerprint density at radius 2 is 1.90 bits per heavy atom. The quantitative estimate of drug-likeness (QED) is 0.584. The molecule has 20 heavy (non-hydrogen) atoms.